The fourth-order valence-corrected chi connectivity index (χ4v) is 3.35. The van der Waals surface area contributed by atoms with E-state index in [1.807, 2.05) is 0 Å². The number of hydrogen-bond donors (Lipinski definition) is 1. The molecule has 3 rings (SSSR count). The quantitative estimate of drug-likeness (QED) is 0.905. The van der Waals surface area contributed by atoms with E-state index >= 15 is 0 Å². The number of methoxy groups -OCH3 is 1. The topological polar surface area (TPSA) is 60.0 Å². The first-order chi connectivity index (χ1) is 11.2. The molecule has 6 nitrogen and oxygen atoms in total. The molecule has 0 unspecified atom stereocenters. The third kappa shape index (κ3) is 3.95. The molecule has 1 amide bonds. The van der Waals surface area contributed by atoms with Crippen LogP contribution in [0, 0.1) is 0 Å². The van der Waals surface area contributed by atoms with E-state index in [0.717, 1.165) is 19.6 Å². The Kier molecular flexibility index (Phi) is 5.38. The number of nitrogens with one attached hydrogen (secondary N) is 1. The molecule has 0 aromatic heterocycles. The largest absolute Gasteiger partial charge is 0.495 e. The highest BCUT2D eigenvalue weighted by molar-refractivity contribution is 6.32. The smallest absolute Gasteiger partial charge is 0.238 e. The Morgan fingerprint density at radius 2 is 2.35 bits per heavy atom. The number of anilines is 1. The molecule has 1 N–H and O–H groups in total. The predicted octanol–water partition coefficient (Wildman–Crippen LogP) is 1.78. The van der Waals surface area contributed by atoms with E-state index in [1.165, 1.54) is 0 Å². The first-order valence-electron chi connectivity index (χ1n) is 7.74. The summed E-state index contributed by atoms with van der Waals surface area (Å²) < 4.78 is 16.3. The molecule has 0 radical (unpaired) electrons. The second-order valence-electron chi connectivity index (χ2n) is 5.71. The summed E-state index contributed by atoms with van der Waals surface area (Å²) in [7, 11) is 1.56. The lowest BCUT2D eigenvalue weighted by molar-refractivity contribution is -0.142. The van der Waals surface area contributed by atoms with Gasteiger partial charge in [-0.25, -0.2) is 0 Å². The fourth-order valence-electron chi connectivity index (χ4n) is 3.09. The van der Waals surface area contributed by atoms with Crippen LogP contribution in [0.25, 0.3) is 0 Å². The Hall–Kier alpha value is -1.34. The maximum Gasteiger partial charge on any atom is 0.238 e. The standard InChI is InChI=1S/C16H21ClN2O4/c1-21-14-3-2-11(8-12(14)17)18-16(20)9-19-5-7-23-15-10-22-6-4-13(15)19/h2-3,8,13,15H,4-7,9-10H2,1H3,(H,18,20)/t13-,15+/m0/s1. The van der Waals surface area contributed by atoms with E-state index in [9.17, 15) is 4.79 Å². The van der Waals surface area contributed by atoms with Crippen LogP contribution in [-0.2, 0) is 14.3 Å². The summed E-state index contributed by atoms with van der Waals surface area (Å²) in [6.07, 6.45) is 0.965. The van der Waals surface area contributed by atoms with Crippen LogP contribution in [0.2, 0.25) is 5.02 Å². The average molecular weight is 341 g/mol. The van der Waals surface area contributed by atoms with Crippen molar-refractivity contribution in [2.24, 2.45) is 0 Å². The van der Waals surface area contributed by atoms with Crippen molar-refractivity contribution >= 4 is 23.2 Å². The van der Waals surface area contributed by atoms with Crippen LogP contribution in [-0.4, -0.2) is 63.0 Å². The number of amides is 1. The zero-order chi connectivity index (χ0) is 16.2. The van der Waals surface area contributed by atoms with E-state index in [2.05, 4.69) is 10.2 Å². The van der Waals surface area contributed by atoms with Gasteiger partial charge in [-0.05, 0) is 24.6 Å². The van der Waals surface area contributed by atoms with E-state index < -0.39 is 0 Å². The zero-order valence-corrected chi connectivity index (χ0v) is 13.8. The highest BCUT2D eigenvalue weighted by Gasteiger charge is 2.35. The highest BCUT2D eigenvalue weighted by Crippen LogP contribution is 2.27. The molecule has 0 bridgehead atoms. The van der Waals surface area contributed by atoms with Crippen LogP contribution in [0.1, 0.15) is 6.42 Å². The second-order valence-corrected chi connectivity index (χ2v) is 6.12. The minimum absolute atomic E-state index is 0.0571. The maximum atomic E-state index is 12.3. The predicted molar refractivity (Wildman–Crippen MR) is 87.2 cm³/mol. The lowest BCUT2D eigenvalue weighted by atomic mass is 10.0. The number of halogens is 1. The molecule has 126 valence electrons. The summed E-state index contributed by atoms with van der Waals surface area (Å²) in [6.45, 7) is 3.06. The molecule has 2 fully saturated rings. The van der Waals surface area contributed by atoms with Crippen LogP contribution in [0.4, 0.5) is 5.69 Å². The first-order valence-corrected chi connectivity index (χ1v) is 8.12. The van der Waals surface area contributed by atoms with Crippen molar-refractivity contribution in [2.45, 2.75) is 18.6 Å². The van der Waals surface area contributed by atoms with E-state index in [1.54, 1.807) is 25.3 Å². The van der Waals surface area contributed by atoms with Crippen molar-refractivity contribution in [3.63, 3.8) is 0 Å². The molecule has 2 heterocycles. The molecule has 2 saturated heterocycles. The van der Waals surface area contributed by atoms with Gasteiger partial charge >= 0.3 is 0 Å². The molecule has 7 heteroatoms. The minimum Gasteiger partial charge on any atom is -0.495 e. The summed E-state index contributed by atoms with van der Waals surface area (Å²) in [5.41, 5.74) is 0.664. The van der Waals surface area contributed by atoms with Crippen molar-refractivity contribution < 1.29 is 19.0 Å². The Morgan fingerprint density at radius 3 is 3.13 bits per heavy atom. The molecule has 1 aromatic rings. The Morgan fingerprint density at radius 1 is 1.48 bits per heavy atom. The molecule has 0 aliphatic carbocycles. The Balaban J connectivity index is 1.59. The van der Waals surface area contributed by atoms with Crippen molar-refractivity contribution in [1.29, 1.82) is 0 Å². The van der Waals surface area contributed by atoms with Gasteiger partial charge in [-0.3, -0.25) is 9.69 Å². The number of benzene rings is 1. The summed E-state index contributed by atoms with van der Waals surface area (Å²) >= 11 is 6.08. The number of morpholine rings is 1. The van der Waals surface area contributed by atoms with Crippen molar-refractivity contribution in [3.05, 3.63) is 23.2 Å². The zero-order valence-electron chi connectivity index (χ0n) is 13.1. The molecular weight excluding hydrogens is 320 g/mol. The number of carbonyl (C=O) groups excluding carboxylic acids is 1. The molecule has 1 aromatic carbocycles. The summed E-state index contributed by atoms with van der Waals surface area (Å²) in [5, 5.41) is 3.36. The number of rotatable bonds is 4. The number of fused-ring (bicyclic) bond motifs is 1. The van der Waals surface area contributed by atoms with Crippen LogP contribution in [0.15, 0.2) is 18.2 Å². The third-order valence-corrected chi connectivity index (χ3v) is 4.53. The van der Waals surface area contributed by atoms with Gasteiger partial charge in [0.25, 0.3) is 0 Å². The van der Waals surface area contributed by atoms with Crippen LogP contribution >= 0.6 is 11.6 Å². The molecule has 0 saturated carbocycles. The normalized spacial score (nSPS) is 24.8. The molecule has 2 aliphatic rings. The van der Waals surface area contributed by atoms with Crippen molar-refractivity contribution in [3.8, 4) is 5.75 Å². The van der Waals surface area contributed by atoms with Gasteiger partial charge in [-0.1, -0.05) is 11.6 Å². The monoisotopic (exact) mass is 340 g/mol. The van der Waals surface area contributed by atoms with Gasteiger partial charge in [0.15, 0.2) is 0 Å². The van der Waals surface area contributed by atoms with Gasteiger partial charge in [0.05, 0.1) is 38.0 Å². The van der Waals surface area contributed by atoms with Crippen molar-refractivity contribution in [1.82, 2.24) is 4.90 Å². The van der Waals surface area contributed by atoms with Crippen molar-refractivity contribution in [2.75, 3.05) is 45.3 Å². The fraction of sp³-hybridized carbons (Fsp3) is 0.562. The number of nitrogens with zero attached hydrogens (tertiary/aromatic N) is 1. The number of carbonyl (C=O) groups is 1. The van der Waals surface area contributed by atoms with E-state index in [4.69, 9.17) is 25.8 Å². The van der Waals surface area contributed by atoms with Gasteiger partial charge in [0, 0.05) is 24.9 Å². The summed E-state index contributed by atoms with van der Waals surface area (Å²) in [6, 6.07) is 5.46. The second kappa shape index (κ2) is 7.49. The Bertz CT molecular complexity index is 567. The minimum atomic E-state index is -0.0571. The Labute approximate surface area is 140 Å². The van der Waals surface area contributed by atoms with Gasteiger partial charge in [-0.2, -0.15) is 0 Å². The number of hydrogen-bond acceptors (Lipinski definition) is 5. The number of ether oxygens (including phenoxy) is 3. The highest BCUT2D eigenvalue weighted by atomic mass is 35.5. The summed E-state index contributed by atoms with van der Waals surface area (Å²) in [4.78, 5) is 14.5. The lowest BCUT2D eigenvalue weighted by Gasteiger charge is -2.43. The molecule has 2 aliphatic heterocycles. The molecule has 23 heavy (non-hydrogen) atoms. The lowest BCUT2D eigenvalue weighted by Crippen LogP contribution is -2.57. The van der Waals surface area contributed by atoms with Crippen LogP contribution < -0.4 is 10.1 Å². The maximum absolute atomic E-state index is 12.3. The van der Waals surface area contributed by atoms with E-state index in [-0.39, 0.29) is 18.1 Å². The molecular formula is C16H21ClN2O4. The van der Waals surface area contributed by atoms with Crippen LogP contribution in [0.3, 0.4) is 0 Å². The van der Waals surface area contributed by atoms with E-state index in [0.29, 0.717) is 36.2 Å². The van der Waals surface area contributed by atoms with Crippen LogP contribution in [0.5, 0.6) is 5.75 Å². The van der Waals surface area contributed by atoms with Gasteiger partial charge in [0.1, 0.15) is 5.75 Å². The molecule has 2 atom stereocenters. The SMILES string of the molecule is COc1ccc(NC(=O)CN2CCO[C@@H]3COCC[C@@H]32)cc1Cl. The van der Waals surface area contributed by atoms with Gasteiger partial charge in [0.2, 0.25) is 5.91 Å². The third-order valence-electron chi connectivity index (χ3n) is 4.23. The summed E-state index contributed by atoms with van der Waals surface area (Å²) in [5.74, 6) is 0.529. The molecule has 0 spiro atoms. The van der Waals surface area contributed by atoms with Gasteiger partial charge in [-0.15, -0.1) is 0 Å². The first kappa shape index (κ1) is 16.5. The van der Waals surface area contributed by atoms with Gasteiger partial charge < -0.3 is 19.5 Å². The average Bonchev–Trinajstić information content (AvgIpc) is 2.55.